The minimum absolute atomic E-state index is 0.141. The molecule has 17 heavy (non-hydrogen) atoms. The summed E-state index contributed by atoms with van der Waals surface area (Å²) in [5.74, 6) is -1.12. The van der Waals surface area contributed by atoms with Crippen LogP contribution in [0.5, 0.6) is 0 Å². The quantitative estimate of drug-likeness (QED) is 0.934. The number of aromatic nitrogens is 2. The Kier molecular flexibility index (Phi) is 3.55. The molecular formula is C8H5ClF3N3S2. The average molecular weight is 300 g/mol. The van der Waals surface area contributed by atoms with E-state index < -0.39 is 12.0 Å². The molecule has 0 aliphatic rings. The van der Waals surface area contributed by atoms with Gasteiger partial charge in [-0.2, -0.15) is 22.5 Å². The van der Waals surface area contributed by atoms with Crippen molar-refractivity contribution in [3.05, 3.63) is 27.2 Å². The van der Waals surface area contributed by atoms with Crippen LogP contribution in [0.1, 0.15) is 10.7 Å². The molecule has 2 aromatic heterocycles. The normalized spacial score (nSPS) is 11.8. The Hall–Kier alpha value is -0.860. The van der Waals surface area contributed by atoms with Crippen LogP contribution < -0.4 is 5.32 Å². The van der Waals surface area contributed by atoms with Crippen LogP contribution in [0.4, 0.5) is 18.3 Å². The van der Waals surface area contributed by atoms with Gasteiger partial charge in [0.05, 0.1) is 10.9 Å². The Bertz CT molecular complexity index is 508. The lowest BCUT2D eigenvalue weighted by atomic mass is 10.5. The lowest BCUT2D eigenvalue weighted by Crippen LogP contribution is -2.07. The van der Waals surface area contributed by atoms with Crippen LogP contribution in [0.15, 0.2) is 12.1 Å². The molecule has 3 nitrogen and oxygen atoms in total. The molecule has 9 heteroatoms. The number of anilines is 1. The van der Waals surface area contributed by atoms with Gasteiger partial charge in [0.15, 0.2) is 0 Å². The monoisotopic (exact) mass is 299 g/mol. The van der Waals surface area contributed by atoms with Gasteiger partial charge in [0.1, 0.15) is 0 Å². The molecule has 0 spiro atoms. The topological polar surface area (TPSA) is 37.8 Å². The highest BCUT2D eigenvalue weighted by Gasteiger charge is 2.36. The van der Waals surface area contributed by atoms with Crippen LogP contribution in [0, 0.1) is 0 Å². The molecule has 0 fully saturated rings. The summed E-state index contributed by atoms with van der Waals surface area (Å²) < 4.78 is 40.5. The molecule has 0 bridgehead atoms. The number of thiophene rings is 1. The molecule has 0 radical (unpaired) electrons. The maximum absolute atomic E-state index is 12.2. The highest BCUT2D eigenvalue weighted by Crippen LogP contribution is 2.29. The molecule has 2 rings (SSSR count). The van der Waals surface area contributed by atoms with Crippen molar-refractivity contribution in [2.45, 2.75) is 12.7 Å². The second-order valence-corrected chi connectivity index (χ2v) is 5.53. The fraction of sp³-hybridized carbons (Fsp3) is 0.250. The molecular weight excluding hydrogens is 295 g/mol. The zero-order valence-corrected chi connectivity index (χ0v) is 10.5. The fourth-order valence-electron chi connectivity index (χ4n) is 1.02. The molecule has 0 aliphatic heterocycles. The Labute approximate surface area is 107 Å². The van der Waals surface area contributed by atoms with Crippen LogP contribution in [0.2, 0.25) is 4.34 Å². The zero-order chi connectivity index (χ0) is 12.5. The highest BCUT2D eigenvalue weighted by atomic mass is 35.5. The molecule has 0 aliphatic carbocycles. The van der Waals surface area contributed by atoms with Gasteiger partial charge >= 0.3 is 6.18 Å². The van der Waals surface area contributed by atoms with Gasteiger partial charge in [0.25, 0.3) is 0 Å². The van der Waals surface area contributed by atoms with Gasteiger partial charge in [-0.15, -0.1) is 11.3 Å². The van der Waals surface area contributed by atoms with E-state index in [1.165, 1.54) is 11.3 Å². The van der Waals surface area contributed by atoms with Gasteiger partial charge in [0, 0.05) is 16.4 Å². The number of alkyl halides is 3. The van der Waals surface area contributed by atoms with Crippen molar-refractivity contribution < 1.29 is 13.2 Å². The Morgan fingerprint density at radius 2 is 2.12 bits per heavy atom. The molecule has 1 N–H and O–H groups in total. The van der Waals surface area contributed by atoms with E-state index in [0.717, 1.165) is 4.88 Å². The third-order valence-corrected chi connectivity index (χ3v) is 3.63. The van der Waals surface area contributed by atoms with Crippen molar-refractivity contribution in [2.24, 2.45) is 0 Å². The smallest absolute Gasteiger partial charge is 0.355 e. The van der Waals surface area contributed by atoms with Crippen LogP contribution in [-0.2, 0) is 12.7 Å². The Balaban J connectivity index is 1.98. The van der Waals surface area contributed by atoms with Crippen LogP contribution in [0.25, 0.3) is 0 Å². The lowest BCUT2D eigenvalue weighted by molar-refractivity contribution is -0.144. The van der Waals surface area contributed by atoms with Crippen LogP contribution in [-0.4, -0.2) is 9.36 Å². The molecule has 2 aromatic rings. The van der Waals surface area contributed by atoms with Gasteiger partial charge in [-0.1, -0.05) is 11.6 Å². The van der Waals surface area contributed by atoms with E-state index in [0.29, 0.717) is 22.4 Å². The molecule has 0 unspecified atom stereocenters. The number of halogens is 4. The second kappa shape index (κ2) is 4.79. The Morgan fingerprint density at radius 1 is 1.35 bits per heavy atom. The van der Waals surface area contributed by atoms with Gasteiger partial charge in [-0.25, -0.2) is 0 Å². The third-order valence-electron chi connectivity index (χ3n) is 1.72. The predicted octanol–water partition coefficient (Wildman–Crippen LogP) is 3.88. The second-order valence-electron chi connectivity index (χ2n) is 2.98. The summed E-state index contributed by atoms with van der Waals surface area (Å²) in [5, 5.41) is 2.90. The first kappa shape index (κ1) is 12.6. The summed E-state index contributed by atoms with van der Waals surface area (Å²) >= 11 is 7.76. The van der Waals surface area contributed by atoms with Crippen LogP contribution >= 0.6 is 34.5 Å². The summed E-state index contributed by atoms with van der Waals surface area (Å²) in [7, 11) is 0. The summed E-state index contributed by atoms with van der Waals surface area (Å²) in [4.78, 5) is 4.26. The molecule has 92 valence electrons. The van der Waals surface area contributed by atoms with E-state index in [1.807, 2.05) is 0 Å². The maximum Gasteiger partial charge on any atom is 0.452 e. The standard InChI is InChI=1S/C8H5ClF3N3S2/c9-5-2-1-4(16-5)3-13-7-14-6(15-17-7)8(10,11)12/h1-2H,3H2,(H,13,14,15). The predicted molar refractivity (Wildman–Crippen MR) is 61.6 cm³/mol. The fourth-order valence-corrected chi connectivity index (χ4v) is 2.63. The summed E-state index contributed by atoms with van der Waals surface area (Å²) in [6, 6.07) is 3.52. The van der Waals surface area contributed by atoms with E-state index in [1.54, 1.807) is 12.1 Å². The number of nitrogens with zero attached hydrogens (tertiary/aromatic N) is 2. The van der Waals surface area contributed by atoms with Crippen LogP contribution in [0.3, 0.4) is 0 Å². The van der Waals surface area contributed by atoms with Gasteiger partial charge in [-0.3, -0.25) is 0 Å². The number of hydrogen-bond donors (Lipinski definition) is 1. The largest absolute Gasteiger partial charge is 0.452 e. The SMILES string of the molecule is FC(F)(F)c1nsc(NCc2ccc(Cl)s2)n1. The third kappa shape index (κ3) is 3.30. The van der Waals surface area contributed by atoms with E-state index >= 15 is 0 Å². The van der Waals surface area contributed by atoms with E-state index in [9.17, 15) is 13.2 Å². The first-order valence-electron chi connectivity index (χ1n) is 4.34. The molecule has 0 atom stereocenters. The average Bonchev–Trinajstić information content (AvgIpc) is 2.82. The summed E-state index contributed by atoms with van der Waals surface area (Å²) in [5.41, 5.74) is 0. The highest BCUT2D eigenvalue weighted by molar-refractivity contribution is 7.16. The van der Waals surface area contributed by atoms with E-state index in [2.05, 4.69) is 14.7 Å². The molecule has 0 saturated carbocycles. The van der Waals surface area contributed by atoms with Gasteiger partial charge in [-0.05, 0) is 12.1 Å². The number of hydrogen-bond acceptors (Lipinski definition) is 5. The lowest BCUT2D eigenvalue weighted by Gasteiger charge is -1.99. The van der Waals surface area contributed by atoms with Crippen molar-refractivity contribution in [3.8, 4) is 0 Å². The summed E-state index contributed by atoms with van der Waals surface area (Å²) in [6.45, 7) is 0.379. The zero-order valence-electron chi connectivity index (χ0n) is 8.08. The molecule has 2 heterocycles. The van der Waals surface area contributed by atoms with Crippen molar-refractivity contribution >= 4 is 39.6 Å². The maximum atomic E-state index is 12.2. The molecule has 0 aromatic carbocycles. The first-order valence-corrected chi connectivity index (χ1v) is 6.31. The summed E-state index contributed by atoms with van der Waals surface area (Å²) in [6.07, 6.45) is -4.50. The number of nitrogens with one attached hydrogen (secondary N) is 1. The van der Waals surface area contributed by atoms with E-state index in [-0.39, 0.29) is 5.13 Å². The van der Waals surface area contributed by atoms with E-state index in [4.69, 9.17) is 11.6 Å². The molecule has 0 amide bonds. The first-order chi connectivity index (χ1) is 7.95. The number of rotatable bonds is 3. The van der Waals surface area contributed by atoms with Crippen molar-refractivity contribution in [3.63, 3.8) is 0 Å². The minimum Gasteiger partial charge on any atom is -0.355 e. The van der Waals surface area contributed by atoms with Gasteiger partial charge in [0.2, 0.25) is 11.0 Å². The Morgan fingerprint density at radius 3 is 2.65 bits per heavy atom. The van der Waals surface area contributed by atoms with Crippen molar-refractivity contribution in [1.82, 2.24) is 9.36 Å². The minimum atomic E-state index is -4.50. The van der Waals surface area contributed by atoms with Crippen molar-refractivity contribution in [2.75, 3.05) is 5.32 Å². The van der Waals surface area contributed by atoms with Gasteiger partial charge < -0.3 is 5.32 Å². The van der Waals surface area contributed by atoms with Crippen molar-refractivity contribution in [1.29, 1.82) is 0 Å². The molecule has 0 saturated heterocycles.